The second-order valence-electron chi connectivity index (χ2n) is 17.5. The number of carbonyl (C=O) groups excluding carboxylic acids is 2. The largest absolute Gasteiger partial charge is 0.444 e. The molecular formula is C43H50N6O4. The number of rotatable bonds is 5. The molecule has 5 atom stereocenters. The third-order valence-corrected chi connectivity index (χ3v) is 11.0. The summed E-state index contributed by atoms with van der Waals surface area (Å²) >= 11 is 0. The van der Waals surface area contributed by atoms with Crippen molar-refractivity contribution in [3.63, 3.8) is 0 Å². The predicted octanol–water partition coefficient (Wildman–Crippen LogP) is 10.2. The zero-order valence-corrected chi connectivity index (χ0v) is 32.0. The van der Waals surface area contributed by atoms with E-state index in [0.717, 1.165) is 81.7 Å². The first-order chi connectivity index (χ1) is 25.0. The summed E-state index contributed by atoms with van der Waals surface area (Å²) in [5, 5.41) is 2.28. The summed E-state index contributed by atoms with van der Waals surface area (Å²) in [7, 11) is 0. The fraction of sp³-hybridized carbons (Fsp3) is 0.442. The van der Waals surface area contributed by atoms with E-state index in [1.54, 1.807) is 0 Å². The van der Waals surface area contributed by atoms with E-state index in [0.29, 0.717) is 0 Å². The molecule has 3 fully saturated rings. The van der Waals surface area contributed by atoms with Gasteiger partial charge >= 0.3 is 12.2 Å². The van der Waals surface area contributed by atoms with E-state index in [9.17, 15) is 9.59 Å². The lowest BCUT2D eigenvalue weighted by Crippen LogP contribution is -2.40. The van der Waals surface area contributed by atoms with Crippen LogP contribution in [0.2, 0.25) is 0 Å². The Bertz CT molecular complexity index is 2190. The molecule has 1 saturated carbocycles. The number of fused-ring (bicyclic) bond motifs is 2. The number of amides is 2. The van der Waals surface area contributed by atoms with Crippen molar-refractivity contribution in [2.45, 2.75) is 116 Å². The van der Waals surface area contributed by atoms with Crippen LogP contribution < -0.4 is 0 Å². The number of hydrogen-bond acceptors (Lipinski definition) is 6. The van der Waals surface area contributed by atoms with Crippen molar-refractivity contribution < 1.29 is 19.1 Å². The van der Waals surface area contributed by atoms with Gasteiger partial charge < -0.3 is 19.4 Å². The first kappa shape index (κ1) is 34.9. The van der Waals surface area contributed by atoms with Gasteiger partial charge in [0.1, 0.15) is 22.9 Å². The number of H-pyrrole nitrogens is 2. The summed E-state index contributed by atoms with van der Waals surface area (Å²) in [4.78, 5) is 46.5. The van der Waals surface area contributed by atoms with Crippen molar-refractivity contribution in [3.05, 3.63) is 84.7 Å². The van der Waals surface area contributed by atoms with Crippen LogP contribution in [0.1, 0.15) is 105 Å². The number of nitrogens with one attached hydrogen (secondary N) is 2. The Hall–Kier alpha value is -5.12. The Labute approximate surface area is 311 Å². The zero-order valence-electron chi connectivity index (χ0n) is 32.0. The third-order valence-electron chi connectivity index (χ3n) is 11.0. The number of carbonyl (C=O) groups is 2. The predicted molar refractivity (Wildman–Crippen MR) is 206 cm³/mol. The highest BCUT2D eigenvalue weighted by molar-refractivity contribution is 5.90. The maximum Gasteiger partial charge on any atom is 0.411 e. The summed E-state index contributed by atoms with van der Waals surface area (Å²) in [5.74, 6) is 1.59. The van der Waals surface area contributed by atoms with Crippen LogP contribution in [0.3, 0.4) is 0 Å². The molecule has 2 N–H and O–H groups in total. The monoisotopic (exact) mass is 714 g/mol. The minimum atomic E-state index is -0.555. The van der Waals surface area contributed by atoms with Crippen LogP contribution >= 0.6 is 0 Å². The van der Waals surface area contributed by atoms with Gasteiger partial charge in [0.2, 0.25) is 0 Å². The van der Waals surface area contributed by atoms with Crippen LogP contribution in [0.15, 0.2) is 73.1 Å². The minimum Gasteiger partial charge on any atom is -0.444 e. The smallest absolute Gasteiger partial charge is 0.411 e. The Morgan fingerprint density at radius 2 is 1.19 bits per heavy atom. The van der Waals surface area contributed by atoms with Gasteiger partial charge in [-0.15, -0.1) is 0 Å². The first-order valence-electron chi connectivity index (χ1n) is 18.8. The number of aromatic nitrogens is 4. The van der Waals surface area contributed by atoms with Gasteiger partial charge in [-0.1, -0.05) is 55.5 Å². The van der Waals surface area contributed by atoms with Crippen molar-refractivity contribution in [1.82, 2.24) is 29.7 Å². The quantitative estimate of drug-likeness (QED) is 0.187. The Morgan fingerprint density at radius 1 is 0.679 bits per heavy atom. The molecular weight excluding hydrogens is 665 g/mol. The highest BCUT2D eigenvalue weighted by Gasteiger charge is 2.64. The summed E-state index contributed by atoms with van der Waals surface area (Å²) in [6, 6.07) is 21.5. The standard InChI is InChI=1S/C43H50N6O4/c1-25-9-18-34(48(25)39(50)52-41(2,3)4)37-44-24-33(47-37)31-17-16-29-19-28(14-15-30(29)20-31)26-10-12-27(13-11-26)32-23-45-38(46-32)35-21-43(8)22-36(43)49(35)40(51)53-42(5,6)7/h10-17,19-20,23-25,34-36H,9,18,21-22H2,1-8H3,(H,44,47)(H,45,46)/t25?,34-,35-,36-,43+/m0/s1. The number of aromatic amines is 2. The summed E-state index contributed by atoms with van der Waals surface area (Å²) in [6.07, 6.45) is 6.80. The molecule has 4 heterocycles. The molecule has 3 aromatic carbocycles. The van der Waals surface area contributed by atoms with E-state index in [-0.39, 0.29) is 41.8 Å². The van der Waals surface area contributed by atoms with Crippen LogP contribution in [-0.2, 0) is 9.47 Å². The van der Waals surface area contributed by atoms with Crippen molar-refractivity contribution >= 4 is 23.0 Å². The maximum atomic E-state index is 13.2. The second kappa shape index (κ2) is 12.5. The molecule has 1 aliphatic carbocycles. The minimum absolute atomic E-state index is 0.0855. The number of likely N-dealkylation sites (tertiary alicyclic amines) is 2. The molecule has 10 nitrogen and oxygen atoms in total. The molecule has 2 saturated heterocycles. The lowest BCUT2D eigenvalue weighted by atomic mass is 9.98. The van der Waals surface area contributed by atoms with Gasteiger partial charge in [0, 0.05) is 17.6 Å². The van der Waals surface area contributed by atoms with Gasteiger partial charge in [-0.05, 0) is 119 Å². The number of nitrogens with zero attached hydrogens (tertiary/aromatic N) is 4. The molecule has 2 aliphatic heterocycles. The van der Waals surface area contributed by atoms with Gasteiger partial charge in [-0.2, -0.15) is 0 Å². The van der Waals surface area contributed by atoms with E-state index >= 15 is 0 Å². The van der Waals surface area contributed by atoms with Crippen LogP contribution in [0.25, 0.3) is 44.4 Å². The number of piperidine rings is 1. The molecule has 10 heteroatoms. The molecule has 53 heavy (non-hydrogen) atoms. The Kier molecular flexibility index (Phi) is 8.23. The van der Waals surface area contributed by atoms with Gasteiger partial charge in [0.15, 0.2) is 0 Å². The van der Waals surface area contributed by atoms with Gasteiger partial charge in [0.05, 0.1) is 35.9 Å². The number of imidazole rings is 2. The van der Waals surface area contributed by atoms with Crippen LogP contribution in [0, 0.1) is 5.41 Å². The lowest BCUT2D eigenvalue weighted by molar-refractivity contribution is 0.0147. The van der Waals surface area contributed by atoms with E-state index in [4.69, 9.17) is 19.4 Å². The molecule has 0 radical (unpaired) electrons. The van der Waals surface area contributed by atoms with Crippen LogP contribution in [0.5, 0.6) is 0 Å². The average molecular weight is 715 g/mol. The fourth-order valence-electron chi connectivity index (χ4n) is 8.21. The molecule has 2 amide bonds. The normalized spacial score (nSPS) is 24.1. The van der Waals surface area contributed by atoms with Crippen LogP contribution in [0.4, 0.5) is 9.59 Å². The average Bonchev–Trinajstić information content (AvgIpc) is 3.66. The Morgan fingerprint density at radius 3 is 1.81 bits per heavy atom. The molecule has 0 bridgehead atoms. The summed E-state index contributed by atoms with van der Waals surface area (Å²) in [6.45, 7) is 15.7. The number of benzene rings is 3. The third kappa shape index (κ3) is 6.80. The summed E-state index contributed by atoms with van der Waals surface area (Å²) in [5.41, 5.74) is 5.21. The molecule has 276 valence electrons. The van der Waals surface area contributed by atoms with Crippen molar-refractivity contribution in [2.24, 2.45) is 5.41 Å². The molecule has 0 spiro atoms. The topological polar surface area (TPSA) is 116 Å². The molecule has 3 aliphatic rings. The van der Waals surface area contributed by atoms with Crippen molar-refractivity contribution in [3.8, 4) is 33.6 Å². The van der Waals surface area contributed by atoms with E-state index in [1.807, 2.05) is 63.7 Å². The second-order valence-corrected chi connectivity index (χ2v) is 17.5. The SMILES string of the molecule is CC1CC[C@@H](c2ncc(-c3ccc4cc(-c5ccc(-c6cnc([C@@H]7C[C@]8(C)C[C@@H]8N7C(=O)OC(C)(C)C)[nH]6)cc5)ccc4c3)[nH]2)N1C(=O)OC(C)(C)C. The van der Waals surface area contributed by atoms with E-state index in [1.165, 1.54) is 0 Å². The van der Waals surface area contributed by atoms with Gasteiger partial charge in [-0.3, -0.25) is 9.80 Å². The molecule has 5 aromatic rings. The maximum absolute atomic E-state index is 13.2. The number of hydrogen-bond donors (Lipinski definition) is 2. The van der Waals surface area contributed by atoms with E-state index in [2.05, 4.69) is 84.5 Å². The van der Waals surface area contributed by atoms with Crippen molar-refractivity contribution in [1.29, 1.82) is 0 Å². The zero-order chi connectivity index (χ0) is 37.4. The van der Waals surface area contributed by atoms with Crippen molar-refractivity contribution in [2.75, 3.05) is 0 Å². The van der Waals surface area contributed by atoms with E-state index < -0.39 is 11.2 Å². The molecule has 1 unspecified atom stereocenters. The molecule has 2 aromatic heterocycles. The highest BCUT2D eigenvalue weighted by atomic mass is 16.6. The number of ether oxygens (including phenoxy) is 2. The Balaban J connectivity index is 0.964. The molecule has 8 rings (SSSR count). The lowest BCUT2D eigenvalue weighted by Gasteiger charge is -2.30. The van der Waals surface area contributed by atoms with Gasteiger partial charge in [-0.25, -0.2) is 19.6 Å². The van der Waals surface area contributed by atoms with Gasteiger partial charge in [0.25, 0.3) is 0 Å². The highest BCUT2D eigenvalue weighted by Crippen LogP contribution is 2.63. The first-order valence-corrected chi connectivity index (χ1v) is 18.8. The van der Waals surface area contributed by atoms with Crippen LogP contribution in [-0.4, -0.2) is 65.2 Å². The fourth-order valence-corrected chi connectivity index (χ4v) is 8.21. The summed E-state index contributed by atoms with van der Waals surface area (Å²) < 4.78 is 11.5.